The smallest absolute Gasteiger partial charge is 0.123 e. The van der Waals surface area contributed by atoms with Crippen LogP contribution in [0.2, 0.25) is 0 Å². The van der Waals surface area contributed by atoms with Gasteiger partial charge in [0.1, 0.15) is 11.5 Å². The molecule has 114 valence electrons. The molecular weight excluding hydrogens is 288 g/mol. The summed E-state index contributed by atoms with van der Waals surface area (Å²) in [6.45, 7) is 3.82. The van der Waals surface area contributed by atoms with Gasteiger partial charge in [-0.1, -0.05) is 13.8 Å². The topological polar surface area (TPSA) is 77.1 Å². The molecule has 3 aromatic rings. The highest BCUT2D eigenvalue weighted by Crippen LogP contribution is 2.38. The second kappa shape index (κ2) is 5.62. The molecular formula is C19H16N2O2. The number of aromatic hydroxyl groups is 2. The first-order chi connectivity index (χ1) is 11.0. The fourth-order valence-electron chi connectivity index (χ4n) is 2.74. The van der Waals surface area contributed by atoms with E-state index in [1.807, 2.05) is 19.9 Å². The van der Waals surface area contributed by atoms with Gasteiger partial charge in [0.25, 0.3) is 0 Å². The van der Waals surface area contributed by atoms with Gasteiger partial charge >= 0.3 is 0 Å². The maximum Gasteiger partial charge on any atom is 0.123 e. The summed E-state index contributed by atoms with van der Waals surface area (Å²) in [5.41, 5.74) is 3.35. The molecule has 0 spiro atoms. The zero-order valence-corrected chi connectivity index (χ0v) is 12.9. The molecule has 0 aliphatic rings. The Hall–Kier alpha value is -3.06. The average molecular weight is 304 g/mol. The molecule has 0 fully saturated rings. The number of phenols is 2. The van der Waals surface area contributed by atoms with Crippen molar-refractivity contribution in [3.63, 3.8) is 0 Å². The Bertz CT molecular complexity index is 917. The van der Waals surface area contributed by atoms with Crippen LogP contribution in [0.5, 0.6) is 11.5 Å². The molecule has 0 unspecified atom stereocenters. The fraction of sp³-hybridized carbons (Fsp3) is 0.158. The fourth-order valence-corrected chi connectivity index (χ4v) is 2.74. The molecule has 1 heterocycles. The molecule has 4 nitrogen and oxygen atoms in total. The van der Waals surface area contributed by atoms with E-state index < -0.39 is 0 Å². The molecule has 2 aromatic carbocycles. The largest absolute Gasteiger partial charge is 0.507 e. The lowest BCUT2D eigenvalue weighted by Gasteiger charge is -2.13. The van der Waals surface area contributed by atoms with Crippen molar-refractivity contribution in [3.05, 3.63) is 53.7 Å². The number of rotatable bonds is 2. The molecule has 3 rings (SSSR count). The van der Waals surface area contributed by atoms with E-state index >= 15 is 0 Å². The van der Waals surface area contributed by atoms with Crippen molar-refractivity contribution < 1.29 is 10.2 Å². The zero-order chi connectivity index (χ0) is 16.6. The van der Waals surface area contributed by atoms with Crippen LogP contribution in [0.3, 0.4) is 0 Å². The van der Waals surface area contributed by atoms with Gasteiger partial charge in [-0.05, 0) is 47.9 Å². The first-order valence-corrected chi connectivity index (χ1v) is 7.35. The number of phenolic OH excluding ortho intramolecular Hbond substituents is 2. The predicted molar refractivity (Wildman–Crippen MR) is 89.3 cm³/mol. The van der Waals surface area contributed by atoms with E-state index in [0.717, 1.165) is 16.5 Å². The molecule has 2 N–H and O–H groups in total. The average Bonchev–Trinajstić information content (AvgIpc) is 2.52. The lowest BCUT2D eigenvalue weighted by molar-refractivity contribution is 0.434. The minimum atomic E-state index is 0.0250. The van der Waals surface area contributed by atoms with E-state index in [1.165, 1.54) is 0 Å². The summed E-state index contributed by atoms with van der Waals surface area (Å²) < 4.78 is 0. The summed E-state index contributed by atoms with van der Waals surface area (Å²) in [5, 5.41) is 30.2. The second-order valence-electron chi connectivity index (χ2n) is 5.83. The van der Waals surface area contributed by atoms with E-state index in [1.54, 1.807) is 36.5 Å². The third-order valence-corrected chi connectivity index (χ3v) is 3.86. The van der Waals surface area contributed by atoms with Crippen LogP contribution in [0.15, 0.2) is 42.6 Å². The minimum Gasteiger partial charge on any atom is -0.507 e. The van der Waals surface area contributed by atoms with Crippen molar-refractivity contribution >= 4 is 10.9 Å². The maximum atomic E-state index is 10.2. The van der Waals surface area contributed by atoms with Crippen molar-refractivity contribution in [2.75, 3.05) is 0 Å². The highest BCUT2D eigenvalue weighted by atomic mass is 16.3. The van der Waals surface area contributed by atoms with Crippen LogP contribution in [0.4, 0.5) is 0 Å². The van der Waals surface area contributed by atoms with Gasteiger partial charge in [-0.15, -0.1) is 0 Å². The van der Waals surface area contributed by atoms with Crippen LogP contribution in [-0.2, 0) is 0 Å². The molecule has 1 aromatic heterocycles. The van der Waals surface area contributed by atoms with Crippen LogP contribution in [0.1, 0.15) is 30.9 Å². The number of hydrogen-bond acceptors (Lipinski definition) is 4. The lowest BCUT2D eigenvalue weighted by Crippen LogP contribution is -1.91. The number of pyridine rings is 1. The molecule has 0 atom stereocenters. The molecule has 0 amide bonds. The highest BCUT2D eigenvalue weighted by molar-refractivity contribution is 5.85. The summed E-state index contributed by atoms with van der Waals surface area (Å²) in [5.74, 6) is 0.165. The van der Waals surface area contributed by atoms with Gasteiger partial charge in [-0.25, -0.2) is 0 Å². The Balaban J connectivity index is 2.15. The van der Waals surface area contributed by atoms with Gasteiger partial charge < -0.3 is 10.2 Å². The van der Waals surface area contributed by atoms with E-state index in [-0.39, 0.29) is 17.4 Å². The highest BCUT2D eigenvalue weighted by Gasteiger charge is 2.14. The lowest BCUT2D eigenvalue weighted by atomic mass is 9.96. The molecule has 0 bridgehead atoms. The molecule has 4 heteroatoms. The standard InChI is InChI=1S/C19H16N2O2/c1-11(2)19-17(22)7-13(8-18(19)23)15-6-14-5-12(9-20)3-4-16(14)21-10-15/h3-8,10-11,22-23H,1-2H3. The Kier molecular flexibility index (Phi) is 3.63. The van der Waals surface area contributed by atoms with Crippen LogP contribution in [0, 0.1) is 11.3 Å². The normalized spacial score (nSPS) is 10.9. The number of benzene rings is 2. The Labute approximate surface area is 134 Å². The van der Waals surface area contributed by atoms with E-state index in [9.17, 15) is 10.2 Å². The van der Waals surface area contributed by atoms with Gasteiger partial charge in [0.2, 0.25) is 0 Å². The third-order valence-electron chi connectivity index (χ3n) is 3.86. The first kappa shape index (κ1) is 14.9. The SMILES string of the molecule is CC(C)c1c(O)cc(-c2cnc3ccc(C#N)cc3c2)cc1O. The monoisotopic (exact) mass is 304 g/mol. The Morgan fingerprint density at radius 2 is 1.70 bits per heavy atom. The van der Waals surface area contributed by atoms with Gasteiger partial charge in [0.05, 0.1) is 17.1 Å². The molecule has 0 aliphatic carbocycles. The first-order valence-electron chi connectivity index (χ1n) is 7.35. The van der Waals surface area contributed by atoms with Crippen LogP contribution in [-0.4, -0.2) is 15.2 Å². The van der Waals surface area contributed by atoms with E-state index in [2.05, 4.69) is 11.1 Å². The Morgan fingerprint density at radius 1 is 1.00 bits per heavy atom. The van der Waals surface area contributed by atoms with Crippen molar-refractivity contribution in [3.8, 4) is 28.7 Å². The number of nitriles is 1. The molecule has 0 aliphatic heterocycles. The summed E-state index contributed by atoms with van der Waals surface area (Å²) in [6.07, 6.45) is 1.69. The van der Waals surface area contributed by atoms with Crippen molar-refractivity contribution in [1.29, 1.82) is 5.26 Å². The van der Waals surface area contributed by atoms with Crippen molar-refractivity contribution in [1.82, 2.24) is 4.98 Å². The summed E-state index contributed by atoms with van der Waals surface area (Å²) in [6, 6.07) is 12.6. The Morgan fingerprint density at radius 3 is 2.30 bits per heavy atom. The molecule has 0 saturated heterocycles. The van der Waals surface area contributed by atoms with Crippen LogP contribution >= 0.6 is 0 Å². The predicted octanol–water partition coefficient (Wildman–Crippen LogP) is 4.31. The van der Waals surface area contributed by atoms with Crippen LogP contribution < -0.4 is 0 Å². The maximum absolute atomic E-state index is 10.2. The van der Waals surface area contributed by atoms with Crippen LogP contribution in [0.25, 0.3) is 22.0 Å². The quantitative estimate of drug-likeness (QED) is 0.739. The van der Waals surface area contributed by atoms with Crippen molar-refractivity contribution in [2.45, 2.75) is 19.8 Å². The molecule has 0 radical (unpaired) electrons. The summed E-state index contributed by atoms with van der Waals surface area (Å²) >= 11 is 0. The minimum absolute atomic E-state index is 0.0250. The van der Waals surface area contributed by atoms with Gasteiger partial charge in [-0.3, -0.25) is 4.98 Å². The summed E-state index contributed by atoms with van der Waals surface area (Å²) in [7, 11) is 0. The molecule has 23 heavy (non-hydrogen) atoms. The van der Waals surface area contributed by atoms with Crippen molar-refractivity contribution in [2.24, 2.45) is 0 Å². The third kappa shape index (κ3) is 2.69. The number of fused-ring (bicyclic) bond motifs is 1. The number of aromatic nitrogens is 1. The van der Waals surface area contributed by atoms with E-state index in [4.69, 9.17) is 5.26 Å². The zero-order valence-electron chi connectivity index (χ0n) is 12.9. The van der Waals surface area contributed by atoms with Gasteiger partial charge in [0, 0.05) is 22.7 Å². The van der Waals surface area contributed by atoms with E-state index in [0.29, 0.717) is 16.7 Å². The molecule has 0 saturated carbocycles. The van der Waals surface area contributed by atoms with Gasteiger partial charge in [-0.2, -0.15) is 5.26 Å². The second-order valence-corrected chi connectivity index (χ2v) is 5.83. The number of hydrogen-bond donors (Lipinski definition) is 2. The number of nitrogens with zero attached hydrogens (tertiary/aromatic N) is 2. The van der Waals surface area contributed by atoms with Gasteiger partial charge in [0.15, 0.2) is 0 Å². The summed E-state index contributed by atoms with van der Waals surface area (Å²) in [4.78, 5) is 4.38.